The summed E-state index contributed by atoms with van der Waals surface area (Å²) in [6, 6.07) is 2.12. The molecular weight excluding hydrogens is 202 g/mol. The van der Waals surface area contributed by atoms with E-state index in [9.17, 15) is 4.79 Å². The fourth-order valence-electron chi connectivity index (χ4n) is 2.17. The number of aromatic amines is 1. The Labute approximate surface area is 95.8 Å². The lowest BCUT2D eigenvalue weighted by Gasteiger charge is -2.30. The zero-order valence-electron chi connectivity index (χ0n) is 9.84. The largest absolute Gasteiger partial charge is 0.365 e. The lowest BCUT2D eigenvalue weighted by atomic mass is 9.95. The molecule has 0 bridgehead atoms. The minimum atomic E-state index is 0.0394. The van der Waals surface area contributed by atoms with Crippen molar-refractivity contribution in [1.29, 1.82) is 0 Å². The number of carbonyl (C=O) groups is 1. The van der Waals surface area contributed by atoms with Crippen molar-refractivity contribution >= 4 is 5.91 Å². The summed E-state index contributed by atoms with van der Waals surface area (Å²) in [5.41, 5.74) is 1.69. The summed E-state index contributed by atoms with van der Waals surface area (Å²) in [5.74, 6) is 0.537. The third kappa shape index (κ3) is 2.27. The molecule has 2 rings (SSSR count). The molecule has 4 heteroatoms. The van der Waals surface area contributed by atoms with Gasteiger partial charge in [-0.2, -0.15) is 0 Å². The second-order valence-corrected chi connectivity index (χ2v) is 4.57. The van der Waals surface area contributed by atoms with Gasteiger partial charge in [0, 0.05) is 17.9 Å². The molecule has 2 unspecified atom stereocenters. The predicted octanol–water partition coefficient (Wildman–Crippen LogP) is 1.05. The molecule has 16 heavy (non-hydrogen) atoms. The number of rotatable bonds is 2. The number of hydrogen-bond donors (Lipinski definition) is 3. The monoisotopic (exact) mass is 221 g/mol. The van der Waals surface area contributed by atoms with Crippen LogP contribution in [0, 0.1) is 12.8 Å². The normalized spacial score (nSPS) is 25.4. The Morgan fingerprint density at radius 1 is 1.56 bits per heavy atom. The average Bonchev–Trinajstić information content (AvgIpc) is 2.68. The first-order valence-corrected chi connectivity index (χ1v) is 5.84. The van der Waals surface area contributed by atoms with E-state index in [2.05, 4.69) is 22.5 Å². The van der Waals surface area contributed by atoms with Crippen LogP contribution >= 0.6 is 0 Å². The molecule has 1 saturated heterocycles. The number of hydrogen-bond acceptors (Lipinski definition) is 2. The van der Waals surface area contributed by atoms with Crippen molar-refractivity contribution in [1.82, 2.24) is 15.6 Å². The van der Waals surface area contributed by atoms with Crippen molar-refractivity contribution < 1.29 is 4.79 Å². The predicted molar refractivity (Wildman–Crippen MR) is 63.4 cm³/mol. The fourth-order valence-corrected chi connectivity index (χ4v) is 2.17. The molecule has 1 amide bonds. The van der Waals surface area contributed by atoms with E-state index < -0.39 is 0 Å². The first-order chi connectivity index (χ1) is 7.68. The summed E-state index contributed by atoms with van der Waals surface area (Å²) in [5, 5.41) is 6.44. The molecule has 3 N–H and O–H groups in total. The Morgan fingerprint density at radius 2 is 2.38 bits per heavy atom. The summed E-state index contributed by atoms with van der Waals surface area (Å²) < 4.78 is 0. The van der Waals surface area contributed by atoms with E-state index in [-0.39, 0.29) is 5.91 Å². The average molecular weight is 221 g/mol. The maximum atomic E-state index is 12.0. The highest BCUT2D eigenvalue weighted by atomic mass is 16.1. The Bertz CT molecular complexity index is 372. The van der Waals surface area contributed by atoms with E-state index in [0.29, 0.717) is 12.0 Å². The van der Waals surface area contributed by atoms with Gasteiger partial charge in [-0.05, 0) is 38.4 Å². The summed E-state index contributed by atoms with van der Waals surface area (Å²) in [4.78, 5) is 15.0. The summed E-state index contributed by atoms with van der Waals surface area (Å²) in [7, 11) is 0. The van der Waals surface area contributed by atoms with Crippen LogP contribution in [0.2, 0.25) is 0 Å². The molecule has 1 fully saturated rings. The Hall–Kier alpha value is -1.29. The highest BCUT2D eigenvalue weighted by Crippen LogP contribution is 2.12. The van der Waals surface area contributed by atoms with E-state index in [1.165, 1.54) is 0 Å². The highest BCUT2D eigenvalue weighted by Gasteiger charge is 2.23. The van der Waals surface area contributed by atoms with Crippen molar-refractivity contribution in [3.63, 3.8) is 0 Å². The molecule has 1 aromatic heterocycles. The number of aryl methyl sites for hydroxylation is 1. The maximum absolute atomic E-state index is 12.0. The van der Waals surface area contributed by atoms with Crippen molar-refractivity contribution in [2.45, 2.75) is 26.3 Å². The van der Waals surface area contributed by atoms with Crippen molar-refractivity contribution in [2.24, 2.45) is 5.92 Å². The van der Waals surface area contributed by atoms with Crippen LogP contribution in [0.3, 0.4) is 0 Å². The van der Waals surface area contributed by atoms with Crippen LogP contribution < -0.4 is 10.6 Å². The quantitative estimate of drug-likeness (QED) is 0.699. The van der Waals surface area contributed by atoms with Gasteiger partial charge in [0.25, 0.3) is 5.91 Å². The van der Waals surface area contributed by atoms with Crippen LogP contribution in [0.5, 0.6) is 0 Å². The fraction of sp³-hybridized carbons (Fsp3) is 0.583. The van der Waals surface area contributed by atoms with Crippen LogP contribution in [0.25, 0.3) is 0 Å². The number of piperidine rings is 1. The smallest absolute Gasteiger partial charge is 0.253 e. The van der Waals surface area contributed by atoms with Gasteiger partial charge < -0.3 is 15.6 Å². The summed E-state index contributed by atoms with van der Waals surface area (Å²) in [6.45, 7) is 6.06. The molecular formula is C12H19N3O. The lowest BCUT2D eigenvalue weighted by molar-refractivity contribution is 0.0914. The van der Waals surface area contributed by atoms with Crippen molar-refractivity contribution in [2.75, 3.05) is 13.1 Å². The van der Waals surface area contributed by atoms with Crippen LogP contribution in [0.1, 0.15) is 29.4 Å². The van der Waals surface area contributed by atoms with Gasteiger partial charge in [0.2, 0.25) is 0 Å². The van der Waals surface area contributed by atoms with E-state index in [0.717, 1.165) is 30.8 Å². The van der Waals surface area contributed by atoms with E-state index in [4.69, 9.17) is 0 Å². The molecule has 1 aliphatic rings. The molecule has 0 aliphatic carbocycles. The first-order valence-electron chi connectivity index (χ1n) is 5.84. The van der Waals surface area contributed by atoms with Gasteiger partial charge >= 0.3 is 0 Å². The molecule has 88 valence electrons. The van der Waals surface area contributed by atoms with Crippen LogP contribution in [-0.4, -0.2) is 30.0 Å². The SMILES string of the molecule is Cc1[nH]ccc1C(=O)NC1CCNCC1C. The lowest BCUT2D eigenvalue weighted by Crippen LogP contribution is -2.48. The van der Waals surface area contributed by atoms with E-state index in [1.54, 1.807) is 6.20 Å². The molecule has 0 spiro atoms. The number of nitrogens with one attached hydrogen (secondary N) is 3. The third-order valence-electron chi connectivity index (χ3n) is 3.30. The number of carbonyl (C=O) groups excluding carboxylic acids is 1. The maximum Gasteiger partial charge on any atom is 0.253 e. The van der Waals surface area contributed by atoms with E-state index in [1.807, 2.05) is 13.0 Å². The third-order valence-corrected chi connectivity index (χ3v) is 3.30. The van der Waals surface area contributed by atoms with Gasteiger partial charge in [0.1, 0.15) is 0 Å². The Balaban J connectivity index is 1.99. The molecule has 1 aliphatic heterocycles. The van der Waals surface area contributed by atoms with Gasteiger partial charge in [0.15, 0.2) is 0 Å². The molecule has 2 atom stereocenters. The number of amides is 1. The Kier molecular flexibility index (Phi) is 3.29. The molecule has 0 saturated carbocycles. The molecule has 0 radical (unpaired) electrons. The minimum absolute atomic E-state index is 0.0394. The second kappa shape index (κ2) is 4.70. The standard InChI is InChI=1S/C12H19N3O/c1-8-7-13-5-4-11(8)15-12(16)10-3-6-14-9(10)2/h3,6,8,11,13-14H,4-5,7H2,1-2H3,(H,15,16). The molecule has 2 heterocycles. The number of aromatic nitrogens is 1. The van der Waals surface area contributed by atoms with Gasteiger partial charge in [-0.1, -0.05) is 6.92 Å². The summed E-state index contributed by atoms with van der Waals surface area (Å²) in [6.07, 6.45) is 2.81. The van der Waals surface area contributed by atoms with Crippen LogP contribution in [0.4, 0.5) is 0 Å². The first kappa shape index (κ1) is 11.2. The zero-order valence-corrected chi connectivity index (χ0v) is 9.84. The van der Waals surface area contributed by atoms with Crippen LogP contribution in [0.15, 0.2) is 12.3 Å². The second-order valence-electron chi connectivity index (χ2n) is 4.57. The van der Waals surface area contributed by atoms with Crippen molar-refractivity contribution in [3.8, 4) is 0 Å². The van der Waals surface area contributed by atoms with Gasteiger partial charge in [-0.3, -0.25) is 4.79 Å². The zero-order chi connectivity index (χ0) is 11.5. The highest BCUT2D eigenvalue weighted by molar-refractivity contribution is 5.95. The van der Waals surface area contributed by atoms with Gasteiger partial charge in [0.05, 0.1) is 5.56 Å². The Morgan fingerprint density at radius 3 is 3.00 bits per heavy atom. The van der Waals surface area contributed by atoms with Gasteiger partial charge in [-0.15, -0.1) is 0 Å². The molecule has 1 aromatic rings. The van der Waals surface area contributed by atoms with Crippen molar-refractivity contribution in [3.05, 3.63) is 23.5 Å². The van der Waals surface area contributed by atoms with Crippen LogP contribution in [-0.2, 0) is 0 Å². The van der Waals surface area contributed by atoms with Gasteiger partial charge in [-0.25, -0.2) is 0 Å². The molecule has 0 aromatic carbocycles. The topological polar surface area (TPSA) is 56.9 Å². The summed E-state index contributed by atoms with van der Waals surface area (Å²) >= 11 is 0. The minimum Gasteiger partial charge on any atom is -0.365 e. The molecule has 4 nitrogen and oxygen atoms in total. The number of H-pyrrole nitrogens is 1. The van der Waals surface area contributed by atoms with E-state index >= 15 is 0 Å².